The van der Waals surface area contributed by atoms with Crippen LogP contribution in [-0.4, -0.2) is 40.6 Å². The van der Waals surface area contributed by atoms with Gasteiger partial charge in [0.2, 0.25) is 0 Å². The molecule has 0 radical (unpaired) electrons. The van der Waals surface area contributed by atoms with Crippen molar-refractivity contribution in [3.63, 3.8) is 0 Å². The van der Waals surface area contributed by atoms with Crippen LogP contribution in [0.25, 0.3) is 0 Å². The fourth-order valence-electron chi connectivity index (χ4n) is 1.95. The number of hydrogen-bond donors (Lipinski definition) is 3. The molecule has 0 aliphatic carbocycles. The highest BCUT2D eigenvalue weighted by Crippen LogP contribution is 2.11. The highest BCUT2D eigenvalue weighted by atomic mass is 16.5. The topological polar surface area (TPSA) is 112 Å². The zero-order valence-electron chi connectivity index (χ0n) is 12.8. The number of aromatic nitrogens is 2. The Balaban J connectivity index is 3.11. The van der Waals surface area contributed by atoms with Crippen LogP contribution < -0.4 is 22.3 Å². The minimum absolute atomic E-state index is 0.0983. The summed E-state index contributed by atoms with van der Waals surface area (Å²) in [4.78, 5) is 24.2. The lowest BCUT2D eigenvalue weighted by molar-refractivity contribution is 0.0727. The van der Waals surface area contributed by atoms with Gasteiger partial charge in [-0.25, -0.2) is 4.79 Å². The Bertz CT molecular complexity index is 579. The maximum Gasteiger partial charge on any atom is 0.332 e. The van der Waals surface area contributed by atoms with Gasteiger partial charge in [-0.3, -0.25) is 13.9 Å². The van der Waals surface area contributed by atoms with Gasteiger partial charge in [-0.15, -0.1) is 0 Å². The predicted molar refractivity (Wildman–Crippen MR) is 81.6 cm³/mol. The first kappa shape index (κ1) is 17.3. The van der Waals surface area contributed by atoms with Crippen molar-refractivity contribution in [1.29, 1.82) is 0 Å². The second-order valence-corrected chi connectivity index (χ2v) is 4.90. The van der Waals surface area contributed by atoms with Gasteiger partial charge in [0.1, 0.15) is 11.5 Å². The largest absolute Gasteiger partial charge is 0.389 e. The fourth-order valence-corrected chi connectivity index (χ4v) is 1.95. The van der Waals surface area contributed by atoms with Crippen molar-refractivity contribution in [3.05, 3.63) is 20.8 Å². The van der Waals surface area contributed by atoms with Gasteiger partial charge in [-0.05, 0) is 6.42 Å². The van der Waals surface area contributed by atoms with E-state index in [1.54, 1.807) is 0 Å². The van der Waals surface area contributed by atoms with Crippen LogP contribution in [0, 0.1) is 0 Å². The number of nitrogens with zero attached hydrogens (tertiary/aromatic N) is 2. The van der Waals surface area contributed by atoms with Crippen molar-refractivity contribution >= 4 is 11.5 Å². The van der Waals surface area contributed by atoms with E-state index in [0.29, 0.717) is 6.54 Å². The van der Waals surface area contributed by atoms with E-state index in [1.807, 2.05) is 6.92 Å². The molecule has 21 heavy (non-hydrogen) atoms. The molecular formula is C13H24N4O4. The number of rotatable bonds is 8. The van der Waals surface area contributed by atoms with E-state index in [9.17, 15) is 14.7 Å². The molecule has 0 saturated carbocycles. The second kappa shape index (κ2) is 7.84. The molecular weight excluding hydrogens is 276 g/mol. The fraction of sp³-hybridized carbons (Fsp3) is 0.692. The standard InChI is InChI=1S/C13H24N4O4/c1-4-5-6-17-11(14)10(12(19)16(2)13(17)20)15-7-9(18)8-21-3/h9,15,18H,4-8,14H2,1-3H3. The molecule has 120 valence electrons. The number of nitrogens with one attached hydrogen (secondary N) is 1. The lowest BCUT2D eigenvalue weighted by Gasteiger charge is -2.17. The van der Waals surface area contributed by atoms with Gasteiger partial charge < -0.3 is 20.9 Å². The first-order valence-electron chi connectivity index (χ1n) is 6.94. The van der Waals surface area contributed by atoms with E-state index in [-0.39, 0.29) is 24.7 Å². The van der Waals surface area contributed by atoms with E-state index in [0.717, 1.165) is 17.4 Å². The number of unbranched alkanes of at least 4 members (excludes halogenated alkanes) is 1. The molecule has 1 rings (SSSR count). The van der Waals surface area contributed by atoms with Gasteiger partial charge in [-0.2, -0.15) is 0 Å². The molecule has 0 aromatic carbocycles. The third-order valence-corrected chi connectivity index (χ3v) is 3.19. The molecule has 1 heterocycles. The molecule has 0 fully saturated rings. The third-order valence-electron chi connectivity index (χ3n) is 3.19. The summed E-state index contributed by atoms with van der Waals surface area (Å²) in [6.45, 7) is 2.70. The van der Waals surface area contributed by atoms with Crippen molar-refractivity contribution in [1.82, 2.24) is 9.13 Å². The lowest BCUT2D eigenvalue weighted by atomic mass is 10.3. The molecule has 1 aromatic heterocycles. The number of nitrogens with two attached hydrogens (primary N) is 1. The Morgan fingerprint density at radius 3 is 2.67 bits per heavy atom. The van der Waals surface area contributed by atoms with Gasteiger partial charge in [-0.1, -0.05) is 13.3 Å². The SMILES string of the molecule is CCCCn1c(N)c(NCC(O)COC)c(=O)n(C)c1=O. The van der Waals surface area contributed by atoms with Crippen LogP contribution in [0.4, 0.5) is 11.5 Å². The first-order chi connectivity index (χ1) is 9.93. The minimum Gasteiger partial charge on any atom is -0.389 e. The second-order valence-electron chi connectivity index (χ2n) is 4.90. The van der Waals surface area contributed by atoms with Crippen molar-refractivity contribution in [2.45, 2.75) is 32.4 Å². The molecule has 0 saturated heterocycles. The number of ether oxygens (including phenoxy) is 1. The van der Waals surface area contributed by atoms with Gasteiger partial charge in [0.15, 0.2) is 0 Å². The molecule has 0 amide bonds. The monoisotopic (exact) mass is 300 g/mol. The zero-order chi connectivity index (χ0) is 16.0. The average Bonchev–Trinajstić information content (AvgIpc) is 2.45. The van der Waals surface area contributed by atoms with Crippen molar-refractivity contribution in [2.24, 2.45) is 7.05 Å². The summed E-state index contributed by atoms with van der Waals surface area (Å²) in [7, 11) is 2.88. The number of nitrogen functional groups attached to an aromatic ring is 1. The Morgan fingerprint density at radius 1 is 1.43 bits per heavy atom. The predicted octanol–water partition coefficient (Wildman–Crippen LogP) is -0.651. The van der Waals surface area contributed by atoms with Crippen LogP contribution in [0.5, 0.6) is 0 Å². The van der Waals surface area contributed by atoms with Crippen molar-refractivity contribution in [2.75, 3.05) is 31.3 Å². The molecule has 8 nitrogen and oxygen atoms in total. The first-order valence-corrected chi connectivity index (χ1v) is 6.94. The maximum atomic E-state index is 12.1. The Morgan fingerprint density at radius 2 is 2.10 bits per heavy atom. The number of hydrogen-bond acceptors (Lipinski definition) is 6. The summed E-state index contributed by atoms with van der Waals surface area (Å²) >= 11 is 0. The number of anilines is 2. The molecule has 0 spiro atoms. The zero-order valence-corrected chi connectivity index (χ0v) is 12.8. The van der Waals surface area contributed by atoms with E-state index in [2.05, 4.69) is 5.32 Å². The van der Waals surface area contributed by atoms with Gasteiger partial charge in [0.25, 0.3) is 5.56 Å². The maximum absolute atomic E-state index is 12.1. The van der Waals surface area contributed by atoms with Crippen LogP contribution in [-0.2, 0) is 18.3 Å². The smallest absolute Gasteiger partial charge is 0.332 e. The molecule has 0 bridgehead atoms. The Kier molecular flexibility index (Phi) is 6.44. The van der Waals surface area contributed by atoms with E-state index >= 15 is 0 Å². The molecule has 0 aliphatic rings. The van der Waals surface area contributed by atoms with E-state index in [4.69, 9.17) is 10.5 Å². The summed E-state index contributed by atoms with van der Waals surface area (Å²) in [5.74, 6) is 0.0983. The van der Waals surface area contributed by atoms with Gasteiger partial charge >= 0.3 is 5.69 Å². The number of aliphatic hydroxyl groups is 1. The summed E-state index contributed by atoms with van der Waals surface area (Å²) in [6, 6.07) is 0. The van der Waals surface area contributed by atoms with Crippen molar-refractivity contribution in [3.8, 4) is 0 Å². The average molecular weight is 300 g/mol. The molecule has 1 aromatic rings. The Hall–Kier alpha value is -1.80. The number of methoxy groups -OCH3 is 1. The summed E-state index contributed by atoms with van der Waals surface area (Å²) in [5, 5.41) is 12.4. The minimum atomic E-state index is -0.768. The van der Waals surface area contributed by atoms with Crippen LogP contribution in [0.2, 0.25) is 0 Å². The van der Waals surface area contributed by atoms with Crippen LogP contribution in [0.15, 0.2) is 9.59 Å². The summed E-state index contributed by atoms with van der Waals surface area (Å²) < 4.78 is 7.19. The van der Waals surface area contributed by atoms with Crippen LogP contribution in [0.3, 0.4) is 0 Å². The number of aliphatic hydroxyl groups excluding tert-OH is 1. The van der Waals surface area contributed by atoms with Gasteiger partial charge in [0.05, 0.1) is 12.7 Å². The molecule has 4 N–H and O–H groups in total. The summed E-state index contributed by atoms with van der Waals surface area (Å²) in [6.07, 6.45) is 0.924. The van der Waals surface area contributed by atoms with E-state index in [1.165, 1.54) is 18.7 Å². The van der Waals surface area contributed by atoms with Crippen LogP contribution in [0.1, 0.15) is 19.8 Å². The third kappa shape index (κ3) is 4.08. The molecule has 1 atom stereocenters. The quantitative estimate of drug-likeness (QED) is 0.588. The highest BCUT2D eigenvalue weighted by Gasteiger charge is 2.15. The Labute approximate surface area is 123 Å². The van der Waals surface area contributed by atoms with Crippen molar-refractivity contribution < 1.29 is 9.84 Å². The lowest BCUT2D eigenvalue weighted by Crippen LogP contribution is -2.41. The molecule has 8 heteroatoms. The molecule has 1 unspecified atom stereocenters. The summed E-state index contributed by atoms with van der Waals surface area (Å²) in [5.41, 5.74) is 5.12. The van der Waals surface area contributed by atoms with Crippen LogP contribution >= 0.6 is 0 Å². The molecule has 0 aliphatic heterocycles. The van der Waals surface area contributed by atoms with E-state index < -0.39 is 17.4 Å². The van der Waals surface area contributed by atoms with Gasteiger partial charge in [0, 0.05) is 27.2 Å². The highest BCUT2D eigenvalue weighted by molar-refractivity contribution is 5.60. The normalized spacial score (nSPS) is 12.4.